The molecule has 0 aromatic heterocycles. The summed E-state index contributed by atoms with van der Waals surface area (Å²) >= 11 is 0. The maximum atomic E-state index is 12.1. The Bertz CT molecular complexity index is 325. The standard InChI is InChI=1S/C10H14F3NO3/c1-5-9(6(2)3,8(16)17-4)14-7(15)10(11,12)13/h5-6H,1H2,2-4H3,(H,14,15). The van der Waals surface area contributed by atoms with Crippen LogP contribution in [0.5, 0.6) is 0 Å². The molecule has 0 fully saturated rings. The minimum absolute atomic E-state index is 0.640. The molecule has 0 saturated carbocycles. The molecule has 17 heavy (non-hydrogen) atoms. The predicted molar refractivity (Wildman–Crippen MR) is 54.0 cm³/mol. The van der Waals surface area contributed by atoms with Crippen molar-refractivity contribution in [2.75, 3.05) is 7.11 Å². The second-order valence-electron chi connectivity index (χ2n) is 3.67. The summed E-state index contributed by atoms with van der Waals surface area (Å²) < 4.78 is 40.8. The van der Waals surface area contributed by atoms with Gasteiger partial charge in [-0.1, -0.05) is 19.9 Å². The molecule has 0 rings (SSSR count). The smallest absolute Gasteiger partial charge is 0.467 e. The number of nitrogens with one attached hydrogen (secondary N) is 1. The van der Waals surface area contributed by atoms with Crippen molar-refractivity contribution in [2.24, 2.45) is 5.92 Å². The normalized spacial score (nSPS) is 15.0. The molecule has 0 bridgehead atoms. The fourth-order valence-electron chi connectivity index (χ4n) is 1.23. The van der Waals surface area contributed by atoms with E-state index in [0.717, 1.165) is 13.2 Å². The molecule has 0 aromatic carbocycles. The number of hydrogen-bond acceptors (Lipinski definition) is 3. The molecule has 1 amide bonds. The van der Waals surface area contributed by atoms with Gasteiger partial charge in [0.15, 0.2) is 5.54 Å². The Morgan fingerprint density at radius 3 is 2.06 bits per heavy atom. The van der Waals surface area contributed by atoms with Crippen LogP contribution in [-0.4, -0.2) is 30.7 Å². The Morgan fingerprint density at radius 1 is 1.35 bits per heavy atom. The van der Waals surface area contributed by atoms with Crippen molar-refractivity contribution in [1.82, 2.24) is 5.32 Å². The van der Waals surface area contributed by atoms with Crippen LogP contribution in [0.2, 0.25) is 0 Å². The number of carbonyl (C=O) groups is 2. The molecule has 1 N–H and O–H groups in total. The predicted octanol–water partition coefficient (Wildman–Crippen LogP) is 1.42. The highest BCUT2D eigenvalue weighted by Crippen LogP contribution is 2.23. The van der Waals surface area contributed by atoms with Crippen LogP contribution in [0, 0.1) is 5.92 Å². The number of alkyl halides is 3. The molecule has 1 atom stereocenters. The summed E-state index contributed by atoms with van der Waals surface area (Å²) in [6.45, 7) is 6.21. The van der Waals surface area contributed by atoms with E-state index in [1.165, 1.54) is 13.8 Å². The lowest BCUT2D eigenvalue weighted by Gasteiger charge is -2.32. The Kier molecular flexibility index (Phi) is 4.73. The Hall–Kier alpha value is -1.53. The van der Waals surface area contributed by atoms with E-state index in [9.17, 15) is 22.8 Å². The van der Waals surface area contributed by atoms with Crippen LogP contribution in [0.25, 0.3) is 0 Å². The number of rotatable bonds is 4. The molecule has 0 heterocycles. The van der Waals surface area contributed by atoms with Gasteiger partial charge in [0.1, 0.15) is 0 Å². The van der Waals surface area contributed by atoms with Gasteiger partial charge in [-0.25, -0.2) is 4.79 Å². The van der Waals surface area contributed by atoms with Gasteiger partial charge in [0.25, 0.3) is 0 Å². The monoisotopic (exact) mass is 253 g/mol. The van der Waals surface area contributed by atoms with E-state index in [2.05, 4.69) is 11.3 Å². The highest BCUT2D eigenvalue weighted by molar-refractivity contribution is 5.92. The molecule has 4 nitrogen and oxygen atoms in total. The minimum Gasteiger partial charge on any atom is -0.467 e. The number of ether oxygens (including phenoxy) is 1. The van der Waals surface area contributed by atoms with Crippen LogP contribution in [0.4, 0.5) is 13.2 Å². The summed E-state index contributed by atoms with van der Waals surface area (Å²) in [6.07, 6.45) is -4.13. The largest absolute Gasteiger partial charge is 0.471 e. The first-order chi connectivity index (χ1) is 7.61. The first-order valence-electron chi connectivity index (χ1n) is 4.73. The number of carbonyl (C=O) groups excluding carboxylic acids is 2. The molecule has 7 heteroatoms. The van der Waals surface area contributed by atoms with E-state index in [-0.39, 0.29) is 0 Å². The quantitative estimate of drug-likeness (QED) is 0.609. The van der Waals surface area contributed by atoms with Crippen LogP contribution in [0.3, 0.4) is 0 Å². The highest BCUT2D eigenvalue weighted by atomic mass is 19.4. The number of amides is 1. The summed E-state index contributed by atoms with van der Waals surface area (Å²) in [5, 5.41) is 1.61. The topological polar surface area (TPSA) is 55.4 Å². The van der Waals surface area contributed by atoms with Gasteiger partial charge in [0.2, 0.25) is 0 Å². The molecule has 0 aliphatic heterocycles. The highest BCUT2D eigenvalue weighted by Gasteiger charge is 2.48. The lowest BCUT2D eigenvalue weighted by Crippen LogP contribution is -2.59. The zero-order chi connectivity index (χ0) is 13.9. The minimum atomic E-state index is -5.07. The van der Waals surface area contributed by atoms with E-state index in [1.54, 1.807) is 5.32 Å². The molecule has 0 aliphatic rings. The SMILES string of the molecule is C=CC(NC(=O)C(F)(F)F)(C(=O)OC)C(C)C. The van der Waals surface area contributed by atoms with Gasteiger partial charge in [-0.05, 0) is 5.92 Å². The van der Waals surface area contributed by atoms with Gasteiger partial charge < -0.3 is 10.1 Å². The van der Waals surface area contributed by atoms with Crippen LogP contribution < -0.4 is 5.32 Å². The fourth-order valence-corrected chi connectivity index (χ4v) is 1.23. The van der Waals surface area contributed by atoms with Crippen LogP contribution in [0.1, 0.15) is 13.8 Å². The number of esters is 1. The van der Waals surface area contributed by atoms with E-state index >= 15 is 0 Å². The van der Waals surface area contributed by atoms with E-state index < -0.39 is 29.5 Å². The average Bonchev–Trinajstić information content (AvgIpc) is 2.22. The number of methoxy groups -OCH3 is 1. The zero-order valence-electron chi connectivity index (χ0n) is 9.72. The molecule has 0 aliphatic carbocycles. The Labute approximate surface area is 96.8 Å². The lowest BCUT2D eigenvalue weighted by molar-refractivity contribution is -0.178. The van der Waals surface area contributed by atoms with Crippen molar-refractivity contribution in [3.8, 4) is 0 Å². The summed E-state index contributed by atoms with van der Waals surface area (Å²) in [4.78, 5) is 22.4. The van der Waals surface area contributed by atoms with E-state index in [0.29, 0.717) is 0 Å². The van der Waals surface area contributed by atoms with Crippen LogP contribution in [-0.2, 0) is 14.3 Å². The third-order valence-corrected chi connectivity index (χ3v) is 2.33. The third kappa shape index (κ3) is 3.21. The Balaban J connectivity index is 5.29. The number of hydrogen-bond donors (Lipinski definition) is 1. The van der Waals surface area contributed by atoms with Crippen molar-refractivity contribution < 1.29 is 27.5 Å². The molecule has 0 radical (unpaired) electrons. The zero-order valence-corrected chi connectivity index (χ0v) is 9.72. The van der Waals surface area contributed by atoms with Crippen molar-refractivity contribution in [3.05, 3.63) is 12.7 Å². The molecule has 0 saturated heterocycles. The van der Waals surface area contributed by atoms with Gasteiger partial charge in [-0.3, -0.25) is 4.79 Å². The summed E-state index contributed by atoms with van der Waals surface area (Å²) in [5.41, 5.74) is -1.89. The third-order valence-electron chi connectivity index (χ3n) is 2.33. The molecule has 1 unspecified atom stereocenters. The Morgan fingerprint density at radius 2 is 1.82 bits per heavy atom. The van der Waals surface area contributed by atoms with Gasteiger partial charge in [-0.15, -0.1) is 6.58 Å². The van der Waals surface area contributed by atoms with E-state index in [4.69, 9.17) is 0 Å². The van der Waals surface area contributed by atoms with Crippen LogP contribution in [0.15, 0.2) is 12.7 Å². The van der Waals surface area contributed by atoms with Crippen LogP contribution >= 0.6 is 0 Å². The summed E-state index contributed by atoms with van der Waals surface area (Å²) in [5.74, 6) is -3.85. The molecule has 0 aromatic rings. The van der Waals surface area contributed by atoms with Crippen molar-refractivity contribution in [2.45, 2.75) is 25.6 Å². The van der Waals surface area contributed by atoms with Crippen molar-refractivity contribution >= 4 is 11.9 Å². The molecular weight excluding hydrogens is 239 g/mol. The molecule has 98 valence electrons. The van der Waals surface area contributed by atoms with Gasteiger partial charge in [0, 0.05) is 0 Å². The second kappa shape index (κ2) is 5.20. The maximum absolute atomic E-state index is 12.1. The molecule has 0 spiro atoms. The lowest BCUT2D eigenvalue weighted by atomic mass is 9.86. The first kappa shape index (κ1) is 15.5. The first-order valence-corrected chi connectivity index (χ1v) is 4.73. The summed E-state index contributed by atoms with van der Waals surface area (Å²) in [7, 11) is 1.02. The summed E-state index contributed by atoms with van der Waals surface area (Å²) in [6, 6.07) is 0. The second-order valence-corrected chi connectivity index (χ2v) is 3.67. The van der Waals surface area contributed by atoms with Gasteiger partial charge >= 0.3 is 18.1 Å². The van der Waals surface area contributed by atoms with E-state index in [1.807, 2.05) is 0 Å². The van der Waals surface area contributed by atoms with Crippen molar-refractivity contribution in [1.29, 1.82) is 0 Å². The molecular formula is C10H14F3NO3. The van der Waals surface area contributed by atoms with Gasteiger partial charge in [0.05, 0.1) is 7.11 Å². The maximum Gasteiger partial charge on any atom is 0.471 e. The fraction of sp³-hybridized carbons (Fsp3) is 0.600. The van der Waals surface area contributed by atoms with Gasteiger partial charge in [-0.2, -0.15) is 13.2 Å². The average molecular weight is 253 g/mol. The number of halogens is 3. The van der Waals surface area contributed by atoms with Crippen molar-refractivity contribution in [3.63, 3.8) is 0 Å².